The maximum atomic E-state index is 13.2. The van der Waals surface area contributed by atoms with Crippen LogP contribution in [0.1, 0.15) is 15.9 Å². The molecule has 1 saturated heterocycles. The largest absolute Gasteiger partial charge is 0.494 e. The number of carbonyl (C=O) groups is 1. The first-order chi connectivity index (χ1) is 15.1. The summed E-state index contributed by atoms with van der Waals surface area (Å²) in [6.07, 6.45) is -4.54. The number of nitrogens with zero attached hydrogens (tertiary/aromatic N) is 1. The molecule has 1 aliphatic rings. The van der Waals surface area contributed by atoms with E-state index in [-0.39, 0.29) is 32.2 Å². The van der Waals surface area contributed by atoms with E-state index in [1.807, 2.05) is 4.90 Å². The predicted octanol–water partition coefficient (Wildman–Crippen LogP) is 4.98. The summed E-state index contributed by atoms with van der Waals surface area (Å²) in [6, 6.07) is 5.99. The van der Waals surface area contributed by atoms with E-state index in [2.05, 4.69) is 10.6 Å². The van der Waals surface area contributed by atoms with Gasteiger partial charge in [-0.05, 0) is 42.5 Å². The summed E-state index contributed by atoms with van der Waals surface area (Å²) in [6.45, 7) is 1.89. The van der Waals surface area contributed by atoms with E-state index < -0.39 is 17.6 Å². The van der Waals surface area contributed by atoms with Gasteiger partial charge in [0.05, 0.1) is 47.3 Å². The topological polar surface area (TPSA) is 62.8 Å². The highest BCUT2D eigenvalue weighted by molar-refractivity contribution is 7.80. The second-order valence-electron chi connectivity index (χ2n) is 6.71. The molecule has 2 aromatic carbocycles. The predicted molar refractivity (Wildman–Crippen MR) is 121 cm³/mol. The number of morpholine rings is 1. The van der Waals surface area contributed by atoms with Crippen molar-refractivity contribution in [3.8, 4) is 5.75 Å². The third kappa shape index (κ3) is 5.74. The van der Waals surface area contributed by atoms with E-state index in [0.29, 0.717) is 32.0 Å². The normalized spacial score (nSPS) is 14.1. The van der Waals surface area contributed by atoms with Crippen molar-refractivity contribution < 1.29 is 27.4 Å². The summed E-state index contributed by atoms with van der Waals surface area (Å²) in [5, 5.41) is 5.18. The summed E-state index contributed by atoms with van der Waals surface area (Å²) < 4.78 is 50.1. The van der Waals surface area contributed by atoms with Gasteiger partial charge in [-0.25, -0.2) is 0 Å². The molecule has 2 aromatic rings. The molecular weight excluding hydrogens is 490 g/mol. The Bertz CT molecular complexity index is 1010. The molecule has 1 heterocycles. The highest BCUT2D eigenvalue weighted by Gasteiger charge is 2.32. The van der Waals surface area contributed by atoms with E-state index in [0.717, 1.165) is 12.1 Å². The van der Waals surface area contributed by atoms with Crippen LogP contribution in [-0.2, 0) is 10.9 Å². The SMILES string of the molecule is COc1c(Cl)cc(C(=O)NC(=S)Nc2cc(C(F)(F)F)ccc2N2CCOCC2)cc1Cl. The van der Waals surface area contributed by atoms with Gasteiger partial charge in [-0.3, -0.25) is 10.1 Å². The molecule has 0 atom stereocenters. The number of thiocarbonyl (C=S) groups is 1. The van der Waals surface area contributed by atoms with Crippen LogP contribution in [0.2, 0.25) is 10.0 Å². The van der Waals surface area contributed by atoms with Crippen molar-refractivity contribution in [2.75, 3.05) is 43.6 Å². The van der Waals surface area contributed by atoms with Crippen LogP contribution in [0.25, 0.3) is 0 Å². The fourth-order valence-corrected chi connectivity index (χ4v) is 3.95. The molecule has 0 bridgehead atoms. The van der Waals surface area contributed by atoms with Crippen LogP contribution in [0.15, 0.2) is 30.3 Å². The Labute approximate surface area is 197 Å². The molecule has 0 aliphatic carbocycles. The van der Waals surface area contributed by atoms with Gasteiger partial charge in [-0.1, -0.05) is 23.2 Å². The van der Waals surface area contributed by atoms with Gasteiger partial charge in [0.15, 0.2) is 10.9 Å². The highest BCUT2D eigenvalue weighted by atomic mass is 35.5. The van der Waals surface area contributed by atoms with Crippen molar-refractivity contribution in [2.45, 2.75) is 6.18 Å². The first-order valence-electron chi connectivity index (χ1n) is 9.29. The molecule has 1 fully saturated rings. The lowest BCUT2D eigenvalue weighted by molar-refractivity contribution is -0.137. The minimum atomic E-state index is -4.54. The lowest BCUT2D eigenvalue weighted by Crippen LogP contribution is -2.38. The standard InChI is InChI=1S/C20H18Cl2F3N3O3S/c1-30-17-13(21)8-11(9-14(17)22)18(29)27-19(32)26-15-10-12(20(23,24)25)2-3-16(15)28-4-6-31-7-5-28/h2-3,8-10H,4-7H2,1H3,(H2,26,27,29,32). The Morgan fingerprint density at radius 3 is 2.34 bits per heavy atom. The van der Waals surface area contributed by atoms with Gasteiger partial charge < -0.3 is 19.7 Å². The van der Waals surface area contributed by atoms with Gasteiger partial charge in [0.25, 0.3) is 5.91 Å². The van der Waals surface area contributed by atoms with Crippen molar-refractivity contribution in [3.63, 3.8) is 0 Å². The summed E-state index contributed by atoms with van der Waals surface area (Å²) >= 11 is 17.3. The minimum absolute atomic E-state index is 0.0994. The summed E-state index contributed by atoms with van der Waals surface area (Å²) in [5.74, 6) is -0.432. The molecule has 0 aromatic heterocycles. The Hall–Kier alpha value is -2.27. The molecule has 2 N–H and O–H groups in total. The van der Waals surface area contributed by atoms with E-state index in [1.165, 1.54) is 25.3 Å². The van der Waals surface area contributed by atoms with Crippen LogP contribution in [0, 0.1) is 0 Å². The second kappa shape index (κ2) is 10.1. The first-order valence-corrected chi connectivity index (χ1v) is 10.5. The summed E-state index contributed by atoms with van der Waals surface area (Å²) in [5.41, 5.74) is -0.131. The molecular formula is C20H18Cl2F3N3O3S. The van der Waals surface area contributed by atoms with E-state index in [4.69, 9.17) is 44.9 Å². The lowest BCUT2D eigenvalue weighted by atomic mass is 10.1. The van der Waals surface area contributed by atoms with Crippen LogP contribution < -0.4 is 20.3 Å². The number of halogens is 5. The number of carbonyl (C=O) groups excluding carboxylic acids is 1. The number of amides is 1. The van der Waals surface area contributed by atoms with E-state index in [1.54, 1.807) is 0 Å². The summed E-state index contributed by atoms with van der Waals surface area (Å²) in [7, 11) is 1.38. The average Bonchev–Trinajstić information content (AvgIpc) is 2.73. The van der Waals surface area contributed by atoms with Crippen molar-refractivity contribution in [1.29, 1.82) is 0 Å². The van der Waals surface area contributed by atoms with E-state index in [9.17, 15) is 18.0 Å². The Morgan fingerprint density at radius 1 is 1.16 bits per heavy atom. The molecule has 1 amide bonds. The number of alkyl halides is 3. The Balaban J connectivity index is 1.82. The van der Waals surface area contributed by atoms with Gasteiger partial charge in [0.1, 0.15) is 0 Å². The molecule has 172 valence electrons. The number of anilines is 2. The molecule has 0 radical (unpaired) electrons. The van der Waals surface area contributed by atoms with Crippen molar-refractivity contribution in [2.24, 2.45) is 0 Å². The van der Waals surface area contributed by atoms with Crippen molar-refractivity contribution in [1.82, 2.24) is 5.32 Å². The molecule has 3 rings (SSSR count). The van der Waals surface area contributed by atoms with Crippen LogP contribution in [-0.4, -0.2) is 44.4 Å². The zero-order valence-corrected chi connectivity index (χ0v) is 19.0. The Morgan fingerprint density at radius 2 is 1.78 bits per heavy atom. The number of hydrogen-bond acceptors (Lipinski definition) is 5. The van der Waals surface area contributed by atoms with Gasteiger partial charge in [0.2, 0.25) is 0 Å². The quantitative estimate of drug-likeness (QED) is 0.568. The van der Waals surface area contributed by atoms with Gasteiger partial charge in [-0.2, -0.15) is 13.2 Å². The molecule has 0 saturated carbocycles. The van der Waals surface area contributed by atoms with Crippen LogP contribution in [0.4, 0.5) is 24.5 Å². The number of rotatable bonds is 4. The zero-order chi connectivity index (χ0) is 23.5. The van der Waals surface area contributed by atoms with Crippen molar-refractivity contribution >= 4 is 57.8 Å². The molecule has 6 nitrogen and oxygen atoms in total. The molecule has 0 unspecified atom stereocenters. The van der Waals surface area contributed by atoms with Gasteiger partial charge >= 0.3 is 6.18 Å². The van der Waals surface area contributed by atoms with Crippen molar-refractivity contribution in [3.05, 3.63) is 51.5 Å². The lowest BCUT2D eigenvalue weighted by Gasteiger charge is -2.31. The average molecular weight is 508 g/mol. The number of hydrogen-bond donors (Lipinski definition) is 2. The zero-order valence-electron chi connectivity index (χ0n) is 16.7. The first kappa shape index (κ1) is 24.4. The van der Waals surface area contributed by atoms with Gasteiger partial charge in [0, 0.05) is 18.7 Å². The molecule has 1 aliphatic heterocycles. The van der Waals surface area contributed by atoms with Crippen LogP contribution in [0.3, 0.4) is 0 Å². The monoisotopic (exact) mass is 507 g/mol. The third-order valence-corrected chi connectivity index (χ3v) is 5.38. The minimum Gasteiger partial charge on any atom is -0.494 e. The third-order valence-electron chi connectivity index (χ3n) is 4.62. The smallest absolute Gasteiger partial charge is 0.416 e. The fourth-order valence-electron chi connectivity index (χ4n) is 3.11. The second-order valence-corrected chi connectivity index (χ2v) is 7.93. The maximum Gasteiger partial charge on any atom is 0.416 e. The molecule has 12 heteroatoms. The summed E-state index contributed by atoms with van der Waals surface area (Å²) in [4.78, 5) is 14.4. The van der Waals surface area contributed by atoms with Gasteiger partial charge in [-0.15, -0.1) is 0 Å². The fraction of sp³-hybridized carbons (Fsp3) is 0.300. The van der Waals surface area contributed by atoms with E-state index >= 15 is 0 Å². The number of methoxy groups -OCH3 is 1. The molecule has 32 heavy (non-hydrogen) atoms. The maximum absolute atomic E-state index is 13.2. The highest BCUT2D eigenvalue weighted by Crippen LogP contribution is 2.36. The van der Waals surface area contributed by atoms with Crippen LogP contribution >= 0.6 is 35.4 Å². The molecule has 0 spiro atoms. The number of ether oxygens (including phenoxy) is 2. The number of nitrogens with one attached hydrogen (secondary N) is 2. The number of benzene rings is 2. The van der Waals surface area contributed by atoms with Crippen LogP contribution in [0.5, 0.6) is 5.75 Å². The Kier molecular flexibility index (Phi) is 7.71.